The van der Waals surface area contributed by atoms with Crippen LogP contribution in [0.1, 0.15) is 6.42 Å². The third-order valence-electron chi connectivity index (χ3n) is 5.63. The van der Waals surface area contributed by atoms with E-state index in [4.69, 9.17) is 0 Å². The Morgan fingerprint density at radius 1 is 0.967 bits per heavy atom. The zero-order chi connectivity index (χ0) is 21.3. The predicted molar refractivity (Wildman–Crippen MR) is 109 cm³/mol. The molecule has 2 aromatic rings. The maximum atomic E-state index is 13.1. The highest BCUT2D eigenvalue weighted by Crippen LogP contribution is 2.27. The Bertz CT molecular complexity index is 956. The molecule has 0 N–H and O–H groups in total. The van der Waals surface area contributed by atoms with Gasteiger partial charge in [0, 0.05) is 62.7 Å². The van der Waals surface area contributed by atoms with Gasteiger partial charge in [-0.25, -0.2) is 4.39 Å². The van der Waals surface area contributed by atoms with Gasteiger partial charge in [0.05, 0.1) is 10.8 Å². The molecule has 4 rings (SSSR count). The minimum atomic E-state index is -0.432. The molecule has 2 aliphatic heterocycles. The highest BCUT2D eigenvalue weighted by Gasteiger charge is 2.38. The first-order chi connectivity index (χ1) is 14.4. The Morgan fingerprint density at radius 3 is 2.17 bits per heavy atom. The normalized spacial score (nSPS) is 19.3. The van der Waals surface area contributed by atoms with E-state index in [9.17, 15) is 24.1 Å². The molecule has 0 aliphatic carbocycles. The second kappa shape index (κ2) is 8.10. The van der Waals surface area contributed by atoms with Crippen LogP contribution in [0.3, 0.4) is 0 Å². The van der Waals surface area contributed by atoms with Gasteiger partial charge in [0.1, 0.15) is 5.82 Å². The summed E-state index contributed by atoms with van der Waals surface area (Å²) in [6.45, 7) is 2.58. The molecule has 2 aliphatic rings. The Hall–Kier alpha value is -3.49. The zero-order valence-electron chi connectivity index (χ0n) is 16.2. The number of anilines is 2. The van der Waals surface area contributed by atoms with Crippen LogP contribution >= 0.6 is 0 Å². The number of piperazine rings is 1. The van der Waals surface area contributed by atoms with Crippen molar-refractivity contribution in [2.45, 2.75) is 6.42 Å². The van der Waals surface area contributed by atoms with Crippen molar-refractivity contribution in [1.82, 2.24) is 4.90 Å². The molecule has 0 radical (unpaired) electrons. The second-order valence-corrected chi connectivity index (χ2v) is 7.47. The number of hydrogen-bond acceptors (Lipinski definition) is 5. The minimum Gasteiger partial charge on any atom is -0.368 e. The Labute approximate surface area is 172 Å². The first-order valence-corrected chi connectivity index (χ1v) is 9.76. The maximum absolute atomic E-state index is 13.1. The van der Waals surface area contributed by atoms with Crippen LogP contribution in [0.15, 0.2) is 48.5 Å². The van der Waals surface area contributed by atoms with Gasteiger partial charge in [-0.3, -0.25) is 19.7 Å². The quantitative estimate of drug-likeness (QED) is 0.569. The number of halogens is 1. The molecular weight excluding hydrogens is 391 g/mol. The molecule has 156 valence electrons. The van der Waals surface area contributed by atoms with Crippen molar-refractivity contribution in [3.8, 4) is 0 Å². The monoisotopic (exact) mass is 412 g/mol. The van der Waals surface area contributed by atoms with Crippen LogP contribution in [0.5, 0.6) is 0 Å². The number of carbonyl (C=O) groups excluding carboxylic acids is 2. The van der Waals surface area contributed by atoms with Crippen LogP contribution in [-0.2, 0) is 9.59 Å². The summed E-state index contributed by atoms with van der Waals surface area (Å²) in [5.74, 6) is -0.960. The van der Waals surface area contributed by atoms with Crippen molar-refractivity contribution in [3.05, 3.63) is 64.5 Å². The lowest BCUT2D eigenvalue weighted by Crippen LogP contribution is -2.50. The van der Waals surface area contributed by atoms with Gasteiger partial charge in [-0.2, -0.15) is 0 Å². The third-order valence-corrected chi connectivity index (χ3v) is 5.63. The fraction of sp³-hybridized carbons (Fsp3) is 0.333. The highest BCUT2D eigenvalue weighted by atomic mass is 19.1. The predicted octanol–water partition coefficient (Wildman–Crippen LogP) is 2.44. The molecule has 0 bridgehead atoms. The van der Waals surface area contributed by atoms with Gasteiger partial charge in [0.25, 0.3) is 5.69 Å². The molecule has 0 spiro atoms. The van der Waals surface area contributed by atoms with E-state index in [1.165, 1.54) is 29.2 Å². The van der Waals surface area contributed by atoms with E-state index < -0.39 is 10.8 Å². The van der Waals surface area contributed by atoms with Crippen molar-refractivity contribution in [2.24, 2.45) is 5.92 Å². The van der Waals surface area contributed by atoms with Gasteiger partial charge in [-0.05, 0) is 36.4 Å². The fourth-order valence-electron chi connectivity index (χ4n) is 3.97. The van der Waals surface area contributed by atoms with E-state index in [1.54, 1.807) is 29.2 Å². The standard InChI is InChI=1S/C21H21FN4O4/c22-16-1-3-18(4-2-16)25-14-15(13-20(25)27)21(28)24-11-9-23(10-12-24)17-5-7-19(8-6-17)26(29)30/h1-8,15H,9-14H2. The van der Waals surface area contributed by atoms with Crippen LogP contribution in [0, 0.1) is 21.8 Å². The molecule has 9 heteroatoms. The fourth-order valence-corrected chi connectivity index (χ4v) is 3.97. The van der Waals surface area contributed by atoms with Crippen LogP contribution < -0.4 is 9.80 Å². The van der Waals surface area contributed by atoms with Crippen LogP contribution in [0.4, 0.5) is 21.5 Å². The van der Waals surface area contributed by atoms with Crippen molar-refractivity contribution in [3.63, 3.8) is 0 Å². The average Bonchev–Trinajstić information content (AvgIpc) is 3.15. The van der Waals surface area contributed by atoms with Gasteiger partial charge in [0.15, 0.2) is 0 Å². The molecule has 0 saturated carbocycles. The number of rotatable bonds is 4. The summed E-state index contributed by atoms with van der Waals surface area (Å²) in [6.07, 6.45) is 0.152. The molecule has 2 amide bonds. The first kappa shape index (κ1) is 19.8. The molecule has 8 nitrogen and oxygen atoms in total. The Morgan fingerprint density at radius 2 is 1.57 bits per heavy atom. The third kappa shape index (κ3) is 3.96. The summed E-state index contributed by atoms with van der Waals surface area (Å²) < 4.78 is 13.1. The molecule has 2 aromatic carbocycles. The van der Waals surface area contributed by atoms with E-state index in [0.29, 0.717) is 38.4 Å². The molecule has 1 unspecified atom stereocenters. The smallest absolute Gasteiger partial charge is 0.269 e. The lowest BCUT2D eigenvalue weighted by molar-refractivity contribution is -0.384. The largest absolute Gasteiger partial charge is 0.368 e. The zero-order valence-corrected chi connectivity index (χ0v) is 16.2. The molecule has 1 atom stereocenters. The molecule has 2 fully saturated rings. The molecule has 30 heavy (non-hydrogen) atoms. The van der Waals surface area contributed by atoms with Gasteiger partial charge in [-0.1, -0.05) is 0 Å². The lowest BCUT2D eigenvalue weighted by Gasteiger charge is -2.37. The summed E-state index contributed by atoms with van der Waals surface area (Å²) in [4.78, 5) is 41.1. The van der Waals surface area contributed by atoms with Crippen molar-refractivity contribution in [2.75, 3.05) is 42.5 Å². The Kier molecular flexibility index (Phi) is 5.35. The Balaban J connectivity index is 1.34. The van der Waals surface area contributed by atoms with E-state index >= 15 is 0 Å². The number of benzene rings is 2. The molecular formula is C21H21FN4O4. The average molecular weight is 412 g/mol. The number of nitro groups is 1. The van der Waals surface area contributed by atoms with Gasteiger partial charge in [-0.15, -0.1) is 0 Å². The number of non-ortho nitro benzene ring substituents is 1. The summed E-state index contributed by atoms with van der Waals surface area (Å²) in [5, 5.41) is 10.8. The molecule has 2 saturated heterocycles. The van der Waals surface area contributed by atoms with Crippen molar-refractivity contribution in [1.29, 1.82) is 0 Å². The van der Waals surface area contributed by atoms with E-state index in [-0.39, 0.29) is 29.7 Å². The maximum Gasteiger partial charge on any atom is 0.269 e. The van der Waals surface area contributed by atoms with E-state index in [1.807, 2.05) is 0 Å². The summed E-state index contributed by atoms with van der Waals surface area (Å²) in [5.41, 5.74) is 1.52. The first-order valence-electron chi connectivity index (χ1n) is 9.76. The van der Waals surface area contributed by atoms with Crippen molar-refractivity contribution >= 4 is 28.9 Å². The number of hydrogen-bond donors (Lipinski definition) is 0. The van der Waals surface area contributed by atoms with Crippen LogP contribution in [0.25, 0.3) is 0 Å². The number of nitro benzene ring substituents is 1. The summed E-state index contributed by atoms with van der Waals surface area (Å²) >= 11 is 0. The lowest BCUT2D eigenvalue weighted by atomic mass is 10.1. The van der Waals surface area contributed by atoms with Crippen molar-refractivity contribution < 1.29 is 18.9 Å². The van der Waals surface area contributed by atoms with Gasteiger partial charge < -0.3 is 14.7 Å². The second-order valence-electron chi connectivity index (χ2n) is 7.47. The molecule has 0 aromatic heterocycles. The number of nitrogens with zero attached hydrogens (tertiary/aromatic N) is 4. The van der Waals surface area contributed by atoms with Gasteiger partial charge in [0.2, 0.25) is 11.8 Å². The van der Waals surface area contributed by atoms with Gasteiger partial charge >= 0.3 is 0 Å². The minimum absolute atomic E-state index is 0.0451. The number of amides is 2. The van der Waals surface area contributed by atoms with Crippen LogP contribution in [-0.4, -0.2) is 54.4 Å². The SMILES string of the molecule is O=C(C1CC(=O)N(c2ccc(F)cc2)C1)N1CCN(c2ccc([N+](=O)[O-])cc2)CC1. The molecule has 2 heterocycles. The highest BCUT2D eigenvalue weighted by molar-refractivity contribution is 6.00. The van der Waals surface area contributed by atoms with E-state index in [2.05, 4.69) is 4.90 Å². The number of carbonyl (C=O) groups is 2. The van der Waals surface area contributed by atoms with Crippen LogP contribution in [0.2, 0.25) is 0 Å². The van der Waals surface area contributed by atoms with E-state index in [0.717, 1.165) is 5.69 Å². The summed E-state index contributed by atoms with van der Waals surface area (Å²) in [7, 11) is 0. The summed E-state index contributed by atoms with van der Waals surface area (Å²) in [6, 6.07) is 12.1. The topological polar surface area (TPSA) is 87.0 Å².